The van der Waals surface area contributed by atoms with Crippen LogP contribution in [0.15, 0.2) is 205 Å². The molecule has 0 amide bonds. The van der Waals surface area contributed by atoms with E-state index in [9.17, 15) is 0 Å². The van der Waals surface area contributed by atoms with Gasteiger partial charge in [-0.3, -0.25) is 0 Å². The highest BCUT2D eigenvalue weighted by molar-refractivity contribution is 7.22. The maximum Gasteiger partial charge on any atom is 0.185 e. The molecule has 1 aliphatic heterocycles. The normalized spacial score (nSPS) is 13.1. The summed E-state index contributed by atoms with van der Waals surface area (Å²) in [5, 5.41) is 9.82. The van der Waals surface area contributed by atoms with Gasteiger partial charge in [-0.15, -0.1) is 0 Å². The van der Waals surface area contributed by atoms with E-state index in [1.54, 1.807) is 0 Å². The van der Waals surface area contributed by atoms with E-state index in [0.717, 1.165) is 67.0 Å². The van der Waals surface area contributed by atoms with E-state index in [4.69, 9.17) is 14.4 Å². The van der Waals surface area contributed by atoms with Gasteiger partial charge in [-0.2, -0.15) is 0 Å². The quantitative estimate of drug-likeness (QED) is 0.165. The lowest BCUT2D eigenvalue weighted by molar-refractivity contribution is 0.669. The van der Waals surface area contributed by atoms with Crippen molar-refractivity contribution in [2.45, 2.75) is 0 Å². The van der Waals surface area contributed by atoms with E-state index in [1.807, 2.05) is 18.2 Å². The largest absolute Gasteiger partial charge is 0.456 e. The van der Waals surface area contributed by atoms with Gasteiger partial charge in [-0.1, -0.05) is 164 Å². The fraction of sp³-hybridized carbons (Fsp3) is 0. The molecule has 1 aliphatic rings. The SMILES string of the molecule is c1ccc(-c2nc(-c3ccc(-n4c5ccccc5c5cc6oc7ccccc7c6cc54)cc3)c3c(n2)-c2ccccc2[Si]3(c2ccccc2)c2ccccc2)cc1. The minimum Gasteiger partial charge on any atom is -0.456 e. The Morgan fingerprint density at radius 3 is 1.79 bits per heavy atom. The number of aromatic nitrogens is 3. The van der Waals surface area contributed by atoms with E-state index in [1.165, 1.54) is 37.1 Å². The molecule has 0 saturated carbocycles. The molecule has 0 radical (unpaired) electrons. The first-order valence-corrected chi connectivity index (χ1v) is 21.4. The fourth-order valence-corrected chi connectivity index (χ4v) is 14.7. The van der Waals surface area contributed by atoms with Crippen LogP contribution in [-0.4, -0.2) is 22.6 Å². The van der Waals surface area contributed by atoms with E-state index < -0.39 is 8.07 Å². The molecule has 8 aromatic carbocycles. The minimum absolute atomic E-state index is 0.730. The molecule has 0 N–H and O–H groups in total. The fourth-order valence-electron chi connectivity index (χ4n) is 9.46. The van der Waals surface area contributed by atoms with Crippen molar-refractivity contribution in [3.63, 3.8) is 0 Å². The van der Waals surface area contributed by atoms with Gasteiger partial charge in [-0.05, 0) is 52.0 Å². The summed E-state index contributed by atoms with van der Waals surface area (Å²) >= 11 is 0. The van der Waals surface area contributed by atoms with E-state index in [-0.39, 0.29) is 0 Å². The predicted molar refractivity (Wildman–Crippen MR) is 237 cm³/mol. The van der Waals surface area contributed by atoms with Crippen LogP contribution in [0.1, 0.15) is 0 Å². The summed E-state index contributed by atoms with van der Waals surface area (Å²) in [6, 6.07) is 72.0. The number of para-hydroxylation sites is 2. The summed E-state index contributed by atoms with van der Waals surface area (Å²) in [5.74, 6) is 0.730. The van der Waals surface area contributed by atoms with Crippen molar-refractivity contribution in [3.05, 3.63) is 200 Å². The molecule has 5 heteroatoms. The molecule has 4 nitrogen and oxygen atoms in total. The maximum atomic E-state index is 6.35. The van der Waals surface area contributed by atoms with Crippen LogP contribution < -0.4 is 20.7 Å². The van der Waals surface area contributed by atoms with Gasteiger partial charge in [-0.25, -0.2) is 9.97 Å². The molecule has 266 valence electrons. The van der Waals surface area contributed by atoms with Crippen molar-refractivity contribution < 1.29 is 4.42 Å². The van der Waals surface area contributed by atoms with Gasteiger partial charge in [0, 0.05) is 49.1 Å². The zero-order valence-electron chi connectivity index (χ0n) is 30.8. The van der Waals surface area contributed by atoms with Crippen molar-refractivity contribution >= 4 is 72.6 Å². The van der Waals surface area contributed by atoms with Gasteiger partial charge in [0.15, 0.2) is 13.9 Å². The molecule has 0 spiro atoms. The molecule has 0 saturated heterocycles. The van der Waals surface area contributed by atoms with Crippen molar-refractivity contribution in [1.82, 2.24) is 14.5 Å². The average molecular weight is 744 g/mol. The van der Waals surface area contributed by atoms with Crippen molar-refractivity contribution in [1.29, 1.82) is 0 Å². The van der Waals surface area contributed by atoms with Gasteiger partial charge in [0.25, 0.3) is 0 Å². The average Bonchev–Trinajstić information content (AvgIpc) is 3.92. The molecular formula is C52H33N3OSi. The van der Waals surface area contributed by atoms with E-state index >= 15 is 0 Å². The number of hydrogen-bond acceptors (Lipinski definition) is 3. The molecule has 0 fully saturated rings. The third-order valence-corrected chi connectivity index (χ3v) is 16.8. The van der Waals surface area contributed by atoms with Gasteiger partial charge in [0.2, 0.25) is 0 Å². The molecule has 11 aromatic rings. The molecule has 4 heterocycles. The minimum atomic E-state index is -2.90. The molecule has 0 atom stereocenters. The van der Waals surface area contributed by atoms with Crippen LogP contribution in [-0.2, 0) is 0 Å². The lowest BCUT2D eigenvalue weighted by Gasteiger charge is -2.32. The Morgan fingerprint density at radius 1 is 0.421 bits per heavy atom. The van der Waals surface area contributed by atoms with Crippen LogP contribution in [0.25, 0.3) is 83.3 Å². The van der Waals surface area contributed by atoms with Gasteiger partial charge >= 0.3 is 0 Å². The highest BCUT2D eigenvalue weighted by Gasteiger charge is 2.51. The van der Waals surface area contributed by atoms with Crippen LogP contribution in [0.3, 0.4) is 0 Å². The highest BCUT2D eigenvalue weighted by Crippen LogP contribution is 2.39. The first-order valence-electron chi connectivity index (χ1n) is 19.4. The first kappa shape index (κ1) is 32.0. The molecule has 12 rings (SSSR count). The standard InChI is InChI=1S/C52H33N3OSi/c1-4-16-35(17-5-1)52-53-49(51-50(54-52)41-24-12-15-27-48(41)57(51,37-18-6-2-7-19-37)38-20-8-3-9-21-38)34-28-30-36(31-29-34)55-44-25-13-10-22-39(44)42-33-47-43(32-45(42)55)40-23-11-14-26-46(40)56-47/h1-33H. The molecule has 0 aliphatic carbocycles. The summed E-state index contributed by atoms with van der Waals surface area (Å²) in [7, 11) is -2.90. The zero-order chi connectivity index (χ0) is 37.5. The van der Waals surface area contributed by atoms with Crippen molar-refractivity contribution in [3.8, 4) is 39.6 Å². The van der Waals surface area contributed by atoms with Crippen LogP contribution in [0, 0.1) is 0 Å². The number of rotatable bonds is 5. The third-order valence-electron chi connectivity index (χ3n) is 11.9. The van der Waals surface area contributed by atoms with Crippen LogP contribution in [0.2, 0.25) is 0 Å². The lowest BCUT2D eigenvalue weighted by atomic mass is 10.1. The third kappa shape index (κ3) is 4.61. The van der Waals surface area contributed by atoms with Crippen molar-refractivity contribution in [2.24, 2.45) is 0 Å². The Labute approximate surface area is 330 Å². The Kier molecular flexibility index (Phi) is 6.91. The highest BCUT2D eigenvalue weighted by atomic mass is 28.3. The zero-order valence-corrected chi connectivity index (χ0v) is 31.8. The Morgan fingerprint density at radius 2 is 1.04 bits per heavy atom. The van der Waals surface area contributed by atoms with Crippen LogP contribution >= 0.6 is 0 Å². The Hall–Kier alpha value is -7.34. The van der Waals surface area contributed by atoms with E-state index in [2.05, 4.69) is 187 Å². The number of nitrogens with zero attached hydrogens (tertiary/aromatic N) is 3. The smallest absolute Gasteiger partial charge is 0.185 e. The summed E-state index contributed by atoms with van der Waals surface area (Å²) < 4.78 is 8.74. The molecule has 0 bridgehead atoms. The second-order valence-corrected chi connectivity index (χ2v) is 18.6. The number of furan rings is 1. The first-order chi connectivity index (χ1) is 28.3. The number of benzene rings is 8. The molecular weight excluding hydrogens is 711 g/mol. The number of fused-ring (bicyclic) bond motifs is 9. The molecule has 0 unspecified atom stereocenters. The second kappa shape index (κ2) is 12.3. The van der Waals surface area contributed by atoms with Crippen molar-refractivity contribution in [2.75, 3.05) is 0 Å². The lowest BCUT2D eigenvalue weighted by Crippen LogP contribution is -2.73. The molecule has 3 aromatic heterocycles. The number of hydrogen-bond donors (Lipinski definition) is 0. The van der Waals surface area contributed by atoms with E-state index in [0.29, 0.717) is 0 Å². The monoisotopic (exact) mass is 743 g/mol. The predicted octanol–water partition coefficient (Wildman–Crippen LogP) is 10.2. The Bertz CT molecular complexity index is 3300. The van der Waals surface area contributed by atoms with Gasteiger partial charge in [0.05, 0.1) is 22.4 Å². The van der Waals surface area contributed by atoms with Gasteiger partial charge < -0.3 is 8.98 Å². The van der Waals surface area contributed by atoms with Gasteiger partial charge in [0.1, 0.15) is 11.2 Å². The maximum absolute atomic E-state index is 6.35. The van der Waals surface area contributed by atoms with Crippen LogP contribution in [0.5, 0.6) is 0 Å². The summed E-state index contributed by atoms with van der Waals surface area (Å²) in [6.45, 7) is 0. The van der Waals surface area contributed by atoms with Crippen LogP contribution in [0.4, 0.5) is 0 Å². The summed E-state index contributed by atoms with van der Waals surface area (Å²) in [5.41, 5.74) is 10.4. The summed E-state index contributed by atoms with van der Waals surface area (Å²) in [6.07, 6.45) is 0. The Balaban J connectivity index is 1.13. The molecule has 57 heavy (non-hydrogen) atoms. The summed E-state index contributed by atoms with van der Waals surface area (Å²) in [4.78, 5) is 11.0. The second-order valence-electron chi connectivity index (χ2n) is 14.9. The topological polar surface area (TPSA) is 43.9 Å².